The average Bonchev–Trinajstić information content (AvgIpc) is 3.41. The Bertz CT molecular complexity index is 1190. The first kappa shape index (κ1) is 26.6. The number of hydrogen-bond donors (Lipinski definition) is 2. The van der Waals surface area contributed by atoms with Crippen LogP contribution in [0.25, 0.3) is 10.4 Å². The minimum absolute atomic E-state index is 0.0468. The van der Waals surface area contributed by atoms with E-state index in [0.29, 0.717) is 36.2 Å². The molecule has 1 unspecified atom stereocenters. The summed E-state index contributed by atoms with van der Waals surface area (Å²) in [6.07, 6.45) is 7.81. The molecule has 9 nitrogen and oxygen atoms in total. The van der Waals surface area contributed by atoms with Gasteiger partial charge < -0.3 is 15.0 Å². The highest BCUT2D eigenvalue weighted by molar-refractivity contribution is 7.20. The molecule has 0 aliphatic carbocycles. The van der Waals surface area contributed by atoms with Gasteiger partial charge in [-0.2, -0.15) is 0 Å². The molecule has 0 aromatic carbocycles. The third-order valence-corrected chi connectivity index (χ3v) is 9.03. The van der Waals surface area contributed by atoms with E-state index in [-0.39, 0.29) is 17.9 Å². The molecule has 0 bridgehead atoms. The number of aromatic nitrogens is 1. The van der Waals surface area contributed by atoms with Gasteiger partial charge in [0.1, 0.15) is 10.6 Å². The summed E-state index contributed by atoms with van der Waals surface area (Å²) >= 11 is 1.39. The molecule has 10 heteroatoms. The van der Waals surface area contributed by atoms with Crippen molar-refractivity contribution >= 4 is 34.2 Å². The van der Waals surface area contributed by atoms with Crippen molar-refractivity contribution < 1.29 is 19.1 Å². The van der Waals surface area contributed by atoms with E-state index in [1.807, 2.05) is 43.9 Å². The molecule has 2 aromatic rings. The highest BCUT2D eigenvalue weighted by Gasteiger charge is 2.54. The van der Waals surface area contributed by atoms with Crippen molar-refractivity contribution in [2.75, 3.05) is 38.0 Å². The van der Waals surface area contributed by atoms with E-state index in [1.165, 1.54) is 11.3 Å². The molecule has 204 valence electrons. The van der Waals surface area contributed by atoms with Crippen molar-refractivity contribution in [1.82, 2.24) is 20.1 Å². The van der Waals surface area contributed by atoms with Crippen LogP contribution in [0, 0.1) is 5.41 Å². The second-order valence-electron chi connectivity index (χ2n) is 11.3. The summed E-state index contributed by atoms with van der Waals surface area (Å²) in [5, 5.41) is 6.17. The van der Waals surface area contributed by atoms with Crippen LogP contribution in [-0.4, -0.2) is 77.1 Å². The van der Waals surface area contributed by atoms with Crippen LogP contribution in [0.4, 0.5) is 9.80 Å². The lowest BCUT2D eigenvalue weighted by Crippen LogP contribution is -2.53. The standard InChI is InChI=1S/C28H37N5O4S/c1-4-30-26(36)31-23-21(16-22(38-23)19-6-11-29-12-7-19)24(34)32-14-8-20(9-15-32)33-13-5-10-28(18-33)17-27(2,3)37-25(28)35/h6-7,11-12,16,20H,4-5,8-10,13-15,17-18H2,1-3H3,(H2,30,31,36). The normalized spacial score (nSPS) is 23.9. The Morgan fingerprint density at radius 2 is 1.92 bits per heavy atom. The molecule has 0 saturated carbocycles. The number of rotatable bonds is 5. The zero-order valence-corrected chi connectivity index (χ0v) is 23.2. The zero-order valence-electron chi connectivity index (χ0n) is 22.4. The summed E-state index contributed by atoms with van der Waals surface area (Å²) in [6.45, 7) is 9.37. The van der Waals surface area contributed by atoms with Crippen molar-refractivity contribution in [1.29, 1.82) is 0 Å². The number of thiophene rings is 1. The van der Waals surface area contributed by atoms with Gasteiger partial charge in [-0.1, -0.05) is 0 Å². The quantitative estimate of drug-likeness (QED) is 0.547. The maximum atomic E-state index is 13.7. The van der Waals surface area contributed by atoms with Gasteiger partial charge in [0.25, 0.3) is 5.91 Å². The molecule has 5 heterocycles. The number of nitrogens with zero attached hydrogens (tertiary/aromatic N) is 3. The van der Waals surface area contributed by atoms with Crippen LogP contribution in [0.3, 0.4) is 0 Å². The highest BCUT2D eigenvalue weighted by Crippen LogP contribution is 2.47. The average molecular weight is 540 g/mol. The van der Waals surface area contributed by atoms with Crippen LogP contribution in [0.5, 0.6) is 0 Å². The van der Waals surface area contributed by atoms with Gasteiger partial charge in [0.2, 0.25) is 0 Å². The lowest BCUT2D eigenvalue weighted by atomic mass is 9.74. The predicted octanol–water partition coefficient (Wildman–Crippen LogP) is 4.36. The van der Waals surface area contributed by atoms with Crippen molar-refractivity contribution in [2.45, 2.75) is 64.5 Å². The molecule has 5 rings (SSSR count). The van der Waals surface area contributed by atoms with Gasteiger partial charge in [-0.15, -0.1) is 11.3 Å². The molecule has 3 amide bonds. The number of pyridine rings is 1. The van der Waals surface area contributed by atoms with Crippen LogP contribution in [0.15, 0.2) is 30.6 Å². The predicted molar refractivity (Wildman–Crippen MR) is 147 cm³/mol. The van der Waals surface area contributed by atoms with E-state index in [2.05, 4.69) is 20.5 Å². The van der Waals surface area contributed by atoms with Crippen LogP contribution < -0.4 is 10.6 Å². The Hall–Kier alpha value is -2.98. The zero-order chi connectivity index (χ0) is 26.9. The number of nitrogens with one attached hydrogen (secondary N) is 2. The second kappa shape index (κ2) is 10.6. The van der Waals surface area contributed by atoms with Gasteiger partial charge >= 0.3 is 12.0 Å². The number of carbonyl (C=O) groups excluding carboxylic acids is 3. The fraction of sp³-hybridized carbons (Fsp3) is 0.571. The van der Waals surface area contributed by atoms with Crippen LogP contribution in [0.2, 0.25) is 0 Å². The number of piperidine rings is 2. The minimum Gasteiger partial charge on any atom is -0.459 e. The van der Waals surface area contributed by atoms with E-state index >= 15 is 0 Å². The lowest BCUT2D eigenvalue weighted by molar-refractivity contribution is -0.154. The first-order valence-electron chi connectivity index (χ1n) is 13.6. The van der Waals surface area contributed by atoms with Gasteiger partial charge in [0.05, 0.1) is 11.0 Å². The van der Waals surface area contributed by atoms with Crippen LogP contribution in [-0.2, 0) is 9.53 Å². The van der Waals surface area contributed by atoms with E-state index in [9.17, 15) is 14.4 Å². The Morgan fingerprint density at radius 1 is 1.18 bits per heavy atom. The summed E-state index contributed by atoms with van der Waals surface area (Å²) in [5.41, 5.74) is 0.674. The Balaban J connectivity index is 1.27. The molecule has 38 heavy (non-hydrogen) atoms. The van der Waals surface area contributed by atoms with Gasteiger partial charge in [0.15, 0.2) is 0 Å². The molecule has 1 atom stereocenters. The molecule has 2 N–H and O–H groups in total. The number of carbonyl (C=O) groups is 3. The Labute approximate surface area is 227 Å². The lowest BCUT2D eigenvalue weighted by Gasteiger charge is -2.44. The summed E-state index contributed by atoms with van der Waals surface area (Å²) < 4.78 is 5.71. The van der Waals surface area contributed by atoms with Crippen molar-refractivity contribution in [3.05, 3.63) is 36.2 Å². The number of anilines is 1. The van der Waals surface area contributed by atoms with Gasteiger partial charge in [-0.05, 0) is 76.8 Å². The number of hydrogen-bond acceptors (Lipinski definition) is 7. The van der Waals surface area contributed by atoms with E-state index in [4.69, 9.17) is 4.74 Å². The first-order chi connectivity index (χ1) is 18.2. The van der Waals surface area contributed by atoms with Gasteiger partial charge in [0, 0.05) is 55.9 Å². The molecule has 3 aliphatic heterocycles. The number of amides is 3. The Morgan fingerprint density at radius 3 is 2.58 bits per heavy atom. The largest absolute Gasteiger partial charge is 0.459 e. The number of cyclic esters (lactones) is 1. The van der Waals surface area contributed by atoms with E-state index in [1.54, 1.807) is 12.4 Å². The maximum Gasteiger partial charge on any atom is 0.319 e. The molecule has 1 spiro atoms. The van der Waals surface area contributed by atoms with Gasteiger partial charge in [-0.25, -0.2) is 4.79 Å². The molecule has 3 aliphatic rings. The van der Waals surface area contributed by atoms with Crippen LogP contribution in [0.1, 0.15) is 63.2 Å². The first-order valence-corrected chi connectivity index (χ1v) is 14.4. The fourth-order valence-electron chi connectivity index (χ4n) is 6.29. The second-order valence-corrected chi connectivity index (χ2v) is 12.3. The highest BCUT2D eigenvalue weighted by atomic mass is 32.1. The van der Waals surface area contributed by atoms with Crippen molar-refractivity contribution in [3.63, 3.8) is 0 Å². The fourth-order valence-corrected chi connectivity index (χ4v) is 7.34. The SMILES string of the molecule is CCNC(=O)Nc1sc(-c2ccncc2)cc1C(=O)N1CCC(N2CCCC3(C2)CC(C)(C)OC3=O)CC1. The minimum atomic E-state index is -0.398. The molecule has 2 aromatic heterocycles. The third-order valence-electron chi connectivity index (χ3n) is 7.93. The molecule has 0 radical (unpaired) electrons. The number of urea groups is 1. The number of esters is 1. The summed E-state index contributed by atoms with van der Waals surface area (Å²) in [6, 6.07) is 5.69. The third kappa shape index (κ3) is 5.42. The number of likely N-dealkylation sites (tertiary alicyclic amines) is 2. The summed E-state index contributed by atoms with van der Waals surface area (Å²) in [4.78, 5) is 48.1. The summed E-state index contributed by atoms with van der Waals surface area (Å²) in [5.74, 6) is -0.113. The molecular formula is C28H37N5O4S. The monoisotopic (exact) mass is 539 g/mol. The maximum absolute atomic E-state index is 13.7. The molecular weight excluding hydrogens is 502 g/mol. The molecule has 3 fully saturated rings. The smallest absolute Gasteiger partial charge is 0.319 e. The van der Waals surface area contributed by atoms with E-state index in [0.717, 1.165) is 55.6 Å². The van der Waals surface area contributed by atoms with Crippen molar-refractivity contribution in [2.24, 2.45) is 5.41 Å². The van der Waals surface area contributed by atoms with Gasteiger partial charge in [-0.3, -0.25) is 24.8 Å². The summed E-state index contributed by atoms with van der Waals surface area (Å²) in [7, 11) is 0. The number of ether oxygens (including phenoxy) is 1. The van der Waals surface area contributed by atoms with Crippen LogP contribution >= 0.6 is 11.3 Å². The Kier molecular flexibility index (Phi) is 7.46. The molecule has 3 saturated heterocycles. The topological polar surface area (TPSA) is 104 Å². The van der Waals surface area contributed by atoms with E-state index < -0.39 is 11.0 Å². The van der Waals surface area contributed by atoms with Crippen molar-refractivity contribution in [3.8, 4) is 10.4 Å².